The van der Waals surface area contributed by atoms with Crippen LogP contribution in [0.15, 0.2) is 15.0 Å². The maximum Gasteiger partial charge on any atom is 0.235 e. The molecular weight excluding hydrogens is 250 g/mol. The maximum atomic E-state index is 9.86. The highest BCUT2D eigenvalue weighted by Crippen LogP contribution is 2.26. The zero-order valence-electron chi connectivity index (χ0n) is 8.29. The molecule has 16 heavy (non-hydrogen) atoms. The van der Waals surface area contributed by atoms with Crippen LogP contribution in [0.2, 0.25) is 0 Å². The summed E-state index contributed by atoms with van der Waals surface area (Å²) in [4.78, 5) is 39.8. The summed E-state index contributed by atoms with van der Waals surface area (Å²) in [6, 6.07) is 0. The van der Waals surface area contributed by atoms with Crippen LogP contribution in [0.5, 0.6) is 0 Å². The van der Waals surface area contributed by atoms with E-state index in [0.717, 1.165) is 0 Å². The van der Waals surface area contributed by atoms with Gasteiger partial charge in [0.05, 0.1) is 22.9 Å². The standard InChI is InChI=1S/C8H9N3O3S2/c12-3-9-2-1-8(15-6-10-4-13)16-7-11-5-14/h8H,1-2,6-7H2. The SMILES string of the molecule is O=C=NCCC(SCN=C=O)SCN=C=O. The minimum absolute atomic E-state index is 0.0614. The van der Waals surface area contributed by atoms with Gasteiger partial charge in [0.25, 0.3) is 0 Å². The Morgan fingerprint density at radius 3 is 1.81 bits per heavy atom. The smallest absolute Gasteiger partial charge is 0.211 e. The van der Waals surface area contributed by atoms with Gasteiger partial charge in [-0.1, -0.05) is 0 Å². The Bertz CT molecular complexity index is 279. The monoisotopic (exact) mass is 259 g/mol. The van der Waals surface area contributed by atoms with E-state index in [4.69, 9.17) is 0 Å². The van der Waals surface area contributed by atoms with Gasteiger partial charge in [0, 0.05) is 0 Å². The highest BCUT2D eigenvalue weighted by molar-refractivity contribution is 8.16. The molecule has 0 atom stereocenters. The van der Waals surface area contributed by atoms with Gasteiger partial charge in [0.15, 0.2) is 0 Å². The van der Waals surface area contributed by atoms with Crippen molar-refractivity contribution in [1.82, 2.24) is 0 Å². The fraction of sp³-hybridized carbons (Fsp3) is 0.625. The Hall–Kier alpha value is -1.16. The second-order valence-electron chi connectivity index (χ2n) is 2.28. The Labute approximate surface area is 101 Å². The molecule has 0 spiro atoms. The predicted molar refractivity (Wildman–Crippen MR) is 62.6 cm³/mol. The Kier molecular flexibility index (Phi) is 11.0. The molecule has 0 bridgehead atoms. The molecule has 0 aromatic heterocycles. The highest BCUT2D eigenvalue weighted by Gasteiger charge is 2.08. The van der Waals surface area contributed by atoms with Crippen molar-refractivity contribution in [3.63, 3.8) is 0 Å². The normalized spacial score (nSPS) is 10.5. The fourth-order valence-electron chi connectivity index (χ4n) is 0.724. The second-order valence-corrected chi connectivity index (χ2v) is 4.90. The van der Waals surface area contributed by atoms with Gasteiger partial charge in [0.1, 0.15) is 0 Å². The van der Waals surface area contributed by atoms with Crippen LogP contribution in [-0.4, -0.2) is 41.1 Å². The molecule has 0 saturated carbocycles. The lowest BCUT2D eigenvalue weighted by atomic mass is 10.5. The summed E-state index contributed by atoms with van der Waals surface area (Å²) in [5.41, 5.74) is 0. The van der Waals surface area contributed by atoms with E-state index in [0.29, 0.717) is 13.0 Å². The van der Waals surface area contributed by atoms with E-state index in [9.17, 15) is 14.4 Å². The first-order chi connectivity index (χ1) is 7.85. The molecule has 0 aliphatic carbocycles. The fourth-order valence-corrected chi connectivity index (χ4v) is 2.61. The summed E-state index contributed by atoms with van der Waals surface area (Å²) in [7, 11) is 0. The molecule has 0 amide bonds. The first kappa shape index (κ1) is 14.8. The van der Waals surface area contributed by atoms with Gasteiger partial charge in [-0.05, 0) is 6.42 Å². The third-order valence-corrected chi connectivity index (χ3v) is 3.91. The third kappa shape index (κ3) is 9.40. The Balaban J connectivity index is 3.97. The van der Waals surface area contributed by atoms with Crippen LogP contribution >= 0.6 is 23.5 Å². The second kappa shape index (κ2) is 11.9. The van der Waals surface area contributed by atoms with Gasteiger partial charge in [-0.3, -0.25) is 0 Å². The minimum atomic E-state index is 0.0614. The van der Waals surface area contributed by atoms with Gasteiger partial charge in [0.2, 0.25) is 18.2 Å². The number of rotatable bonds is 9. The van der Waals surface area contributed by atoms with Crippen LogP contribution in [0.1, 0.15) is 6.42 Å². The molecular formula is C8H9N3O3S2. The predicted octanol–water partition coefficient (Wildman–Crippen LogP) is 1.09. The van der Waals surface area contributed by atoms with Gasteiger partial charge in [-0.2, -0.15) is 9.98 Å². The summed E-state index contributed by atoms with van der Waals surface area (Å²) < 4.78 is 0.0614. The quantitative estimate of drug-likeness (QED) is 0.351. The molecule has 0 fully saturated rings. The van der Waals surface area contributed by atoms with Crippen molar-refractivity contribution in [3.8, 4) is 0 Å². The molecule has 0 radical (unpaired) electrons. The van der Waals surface area contributed by atoms with Crippen molar-refractivity contribution in [3.05, 3.63) is 0 Å². The molecule has 0 heterocycles. The van der Waals surface area contributed by atoms with Crippen LogP contribution in [0.4, 0.5) is 0 Å². The Morgan fingerprint density at radius 1 is 0.875 bits per heavy atom. The molecule has 6 nitrogen and oxygen atoms in total. The lowest BCUT2D eigenvalue weighted by molar-refractivity contribution is 0.562. The average molecular weight is 259 g/mol. The summed E-state index contributed by atoms with van der Waals surface area (Å²) >= 11 is 2.80. The summed E-state index contributed by atoms with van der Waals surface area (Å²) in [6.45, 7) is 0.351. The zero-order valence-corrected chi connectivity index (χ0v) is 9.92. The van der Waals surface area contributed by atoms with Crippen molar-refractivity contribution in [2.45, 2.75) is 11.0 Å². The molecule has 0 saturated heterocycles. The van der Waals surface area contributed by atoms with E-state index in [1.165, 1.54) is 41.8 Å². The zero-order chi connectivity index (χ0) is 12.1. The highest BCUT2D eigenvalue weighted by atomic mass is 32.2. The lowest BCUT2D eigenvalue weighted by Gasteiger charge is -2.10. The minimum Gasteiger partial charge on any atom is -0.211 e. The van der Waals surface area contributed by atoms with Crippen LogP contribution in [0.3, 0.4) is 0 Å². The molecule has 0 aliphatic heterocycles. The average Bonchev–Trinajstić information content (AvgIpc) is 2.29. The number of nitrogens with zero attached hydrogens (tertiary/aromatic N) is 3. The van der Waals surface area contributed by atoms with Gasteiger partial charge in [-0.25, -0.2) is 19.4 Å². The van der Waals surface area contributed by atoms with E-state index in [1.54, 1.807) is 0 Å². The number of isocyanates is 3. The number of aliphatic imine (C=N–C) groups is 3. The van der Waals surface area contributed by atoms with Crippen LogP contribution in [0, 0.1) is 0 Å². The molecule has 0 aromatic rings. The summed E-state index contributed by atoms with van der Waals surface area (Å²) in [6.07, 6.45) is 4.92. The Morgan fingerprint density at radius 2 is 1.38 bits per heavy atom. The van der Waals surface area contributed by atoms with Crippen molar-refractivity contribution >= 4 is 41.8 Å². The van der Waals surface area contributed by atoms with Crippen LogP contribution in [0.25, 0.3) is 0 Å². The van der Waals surface area contributed by atoms with Crippen molar-refractivity contribution in [2.24, 2.45) is 15.0 Å². The maximum absolute atomic E-state index is 9.86. The van der Waals surface area contributed by atoms with Crippen LogP contribution < -0.4 is 0 Å². The first-order valence-electron chi connectivity index (χ1n) is 4.19. The van der Waals surface area contributed by atoms with Crippen LogP contribution in [-0.2, 0) is 14.4 Å². The summed E-state index contributed by atoms with van der Waals surface area (Å²) in [5.74, 6) is 0.577. The van der Waals surface area contributed by atoms with Gasteiger partial charge >= 0.3 is 0 Å². The topological polar surface area (TPSA) is 88.3 Å². The van der Waals surface area contributed by atoms with Crippen molar-refractivity contribution in [1.29, 1.82) is 0 Å². The molecule has 0 unspecified atom stereocenters. The van der Waals surface area contributed by atoms with Crippen molar-refractivity contribution < 1.29 is 14.4 Å². The van der Waals surface area contributed by atoms with E-state index < -0.39 is 0 Å². The number of carbonyl (C=O) groups excluding carboxylic acids is 3. The number of hydrogen-bond donors (Lipinski definition) is 0. The van der Waals surface area contributed by atoms with E-state index in [1.807, 2.05) is 0 Å². The molecule has 0 aromatic carbocycles. The molecule has 0 aliphatic rings. The van der Waals surface area contributed by atoms with Crippen molar-refractivity contribution in [2.75, 3.05) is 18.3 Å². The largest absolute Gasteiger partial charge is 0.235 e. The first-order valence-corrected chi connectivity index (χ1v) is 6.29. The number of thioether (sulfide) groups is 2. The number of hydrogen-bond acceptors (Lipinski definition) is 8. The van der Waals surface area contributed by atoms with Gasteiger partial charge < -0.3 is 0 Å². The van der Waals surface area contributed by atoms with E-state index >= 15 is 0 Å². The molecule has 86 valence electrons. The van der Waals surface area contributed by atoms with Gasteiger partial charge in [-0.15, -0.1) is 23.5 Å². The molecule has 8 heteroatoms. The molecule has 0 rings (SSSR count). The summed E-state index contributed by atoms with van der Waals surface area (Å²) in [5, 5.41) is 0. The van der Waals surface area contributed by atoms with E-state index in [-0.39, 0.29) is 16.3 Å². The third-order valence-electron chi connectivity index (χ3n) is 1.32. The van der Waals surface area contributed by atoms with E-state index in [2.05, 4.69) is 15.0 Å². The lowest BCUT2D eigenvalue weighted by Crippen LogP contribution is -2.01. The molecule has 0 N–H and O–H groups in total.